The third-order valence-corrected chi connectivity index (χ3v) is 5.73. The highest BCUT2D eigenvalue weighted by Crippen LogP contribution is 2.54. The number of aliphatic hydroxyl groups is 1. The number of aliphatic hydroxyl groups excluding tert-OH is 1. The van der Waals surface area contributed by atoms with Crippen molar-refractivity contribution in [2.24, 2.45) is 11.1 Å². The van der Waals surface area contributed by atoms with Gasteiger partial charge in [-0.05, 0) is 43.6 Å². The molecule has 1 heterocycles. The number of carbonyl (C=O) groups excluding carboxylic acids is 1. The number of primary amides is 1. The predicted molar refractivity (Wildman–Crippen MR) is 86.5 cm³/mol. The Balaban J connectivity index is 1.97. The summed E-state index contributed by atoms with van der Waals surface area (Å²) in [6.45, 7) is 1.47. The third-order valence-electron chi connectivity index (χ3n) is 5.02. The molecule has 2 fully saturated rings. The lowest BCUT2D eigenvalue weighted by molar-refractivity contribution is 0.0996. The van der Waals surface area contributed by atoms with Crippen LogP contribution in [0.5, 0.6) is 0 Å². The number of nitrogens with zero attached hydrogens (tertiary/aromatic N) is 1. The largest absolute Gasteiger partial charge is 0.396 e. The smallest absolute Gasteiger partial charge is 0.253 e. The molecule has 1 saturated heterocycles. The Morgan fingerprint density at radius 1 is 1.36 bits per heavy atom. The molecule has 0 atom stereocenters. The number of nitrogens with two attached hydrogens (primary N) is 1. The molecule has 0 aromatic heterocycles. The molecule has 0 unspecified atom stereocenters. The summed E-state index contributed by atoms with van der Waals surface area (Å²) in [5.41, 5.74) is 6.74. The van der Waals surface area contributed by atoms with Crippen LogP contribution in [0.1, 0.15) is 41.6 Å². The van der Waals surface area contributed by atoms with Gasteiger partial charge in [-0.15, -0.1) is 0 Å². The van der Waals surface area contributed by atoms with Crippen molar-refractivity contribution < 1.29 is 14.3 Å². The lowest BCUT2D eigenvalue weighted by Crippen LogP contribution is -2.36. The van der Waals surface area contributed by atoms with E-state index in [1.165, 1.54) is 12.8 Å². The van der Waals surface area contributed by atoms with Crippen LogP contribution in [0.15, 0.2) is 10.5 Å². The second kappa shape index (κ2) is 5.81. The zero-order valence-electron chi connectivity index (χ0n) is 12.4. The number of piperidine rings is 1. The van der Waals surface area contributed by atoms with Gasteiger partial charge in [0.2, 0.25) is 0 Å². The third kappa shape index (κ3) is 2.74. The van der Waals surface area contributed by atoms with Gasteiger partial charge < -0.3 is 15.7 Å². The molecule has 0 radical (unpaired) electrons. The summed E-state index contributed by atoms with van der Waals surface area (Å²) < 4.78 is 15.3. The molecule has 1 aliphatic carbocycles. The van der Waals surface area contributed by atoms with Gasteiger partial charge >= 0.3 is 0 Å². The van der Waals surface area contributed by atoms with Gasteiger partial charge in [0.1, 0.15) is 5.82 Å². The van der Waals surface area contributed by atoms with E-state index in [2.05, 4.69) is 20.8 Å². The molecule has 6 heteroatoms. The first-order valence-electron chi connectivity index (χ1n) is 7.64. The molecule has 1 saturated carbocycles. The number of carbonyl (C=O) groups is 1. The molecule has 1 amide bonds. The van der Waals surface area contributed by atoms with Crippen LogP contribution in [-0.2, 0) is 6.42 Å². The lowest BCUT2D eigenvalue weighted by atomic mass is 9.92. The van der Waals surface area contributed by atoms with Crippen molar-refractivity contribution >= 4 is 27.5 Å². The van der Waals surface area contributed by atoms with Gasteiger partial charge in [0.15, 0.2) is 0 Å². The Kier molecular flexibility index (Phi) is 4.16. The molecule has 22 heavy (non-hydrogen) atoms. The van der Waals surface area contributed by atoms with Gasteiger partial charge in [0.05, 0.1) is 11.3 Å². The molecule has 1 aromatic rings. The second-order valence-corrected chi connectivity index (χ2v) is 7.22. The van der Waals surface area contributed by atoms with Crippen LogP contribution in [0.4, 0.5) is 10.1 Å². The number of halogens is 2. The number of rotatable bonds is 4. The summed E-state index contributed by atoms with van der Waals surface area (Å²) in [4.78, 5) is 13.8. The highest BCUT2D eigenvalue weighted by atomic mass is 79.9. The van der Waals surface area contributed by atoms with E-state index in [9.17, 15) is 9.18 Å². The Morgan fingerprint density at radius 2 is 2.00 bits per heavy atom. The number of hydrogen-bond acceptors (Lipinski definition) is 3. The lowest BCUT2D eigenvalue weighted by Gasteiger charge is -2.35. The first-order chi connectivity index (χ1) is 10.5. The molecular weight excluding hydrogens is 351 g/mol. The zero-order valence-corrected chi connectivity index (χ0v) is 14.0. The molecule has 120 valence electrons. The van der Waals surface area contributed by atoms with E-state index in [1.54, 1.807) is 6.07 Å². The molecular formula is C16H20BrFN2O2. The normalized spacial score (nSPS) is 19.5. The number of hydrogen-bond donors (Lipinski definition) is 2. The van der Waals surface area contributed by atoms with E-state index in [1.807, 2.05) is 0 Å². The Morgan fingerprint density at radius 3 is 2.50 bits per heavy atom. The van der Waals surface area contributed by atoms with E-state index in [4.69, 9.17) is 10.8 Å². The SMILES string of the molecule is NC(=O)c1c(N2CCC3(CC2)CC3)cc(Br)c(CCO)c1F. The van der Waals surface area contributed by atoms with Gasteiger partial charge in [0.25, 0.3) is 5.91 Å². The summed E-state index contributed by atoms with van der Waals surface area (Å²) >= 11 is 3.35. The van der Waals surface area contributed by atoms with Crippen LogP contribution >= 0.6 is 15.9 Å². The average Bonchev–Trinajstić information content (AvgIpc) is 3.22. The zero-order chi connectivity index (χ0) is 15.9. The maximum absolute atomic E-state index is 14.7. The summed E-state index contributed by atoms with van der Waals surface area (Å²) in [6.07, 6.45) is 4.90. The second-order valence-electron chi connectivity index (χ2n) is 6.37. The summed E-state index contributed by atoms with van der Waals surface area (Å²) in [6, 6.07) is 1.76. The Hall–Kier alpha value is -1.14. The minimum atomic E-state index is -0.758. The highest BCUT2D eigenvalue weighted by molar-refractivity contribution is 9.10. The van der Waals surface area contributed by atoms with Gasteiger partial charge in [-0.25, -0.2) is 4.39 Å². The van der Waals surface area contributed by atoms with Gasteiger partial charge in [0, 0.05) is 29.7 Å². The molecule has 1 spiro atoms. The summed E-state index contributed by atoms with van der Waals surface area (Å²) in [5.74, 6) is -1.37. The van der Waals surface area contributed by atoms with E-state index >= 15 is 0 Å². The van der Waals surface area contributed by atoms with E-state index < -0.39 is 11.7 Å². The monoisotopic (exact) mass is 370 g/mol. The molecule has 2 aliphatic rings. The van der Waals surface area contributed by atoms with Crippen molar-refractivity contribution in [1.82, 2.24) is 0 Å². The predicted octanol–water partition coefficient (Wildman–Crippen LogP) is 2.60. The number of amides is 1. The fourth-order valence-electron chi connectivity index (χ4n) is 3.37. The topological polar surface area (TPSA) is 66.6 Å². The highest BCUT2D eigenvalue weighted by Gasteiger charge is 2.44. The maximum Gasteiger partial charge on any atom is 0.253 e. The maximum atomic E-state index is 14.7. The van der Waals surface area contributed by atoms with Gasteiger partial charge in [-0.1, -0.05) is 15.9 Å². The minimum Gasteiger partial charge on any atom is -0.396 e. The van der Waals surface area contributed by atoms with Gasteiger partial charge in [-0.3, -0.25) is 4.79 Å². The minimum absolute atomic E-state index is 0.0570. The van der Waals surface area contributed by atoms with Gasteiger partial charge in [-0.2, -0.15) is 0 Å². The first kappa shape index (κ1) is 15.7. The fourth-order valence-corrected chi connectivity index (χ4v) is 3.96. The van der Waals surface area contributed by atoms with Crippen molar-refractivity contribution in [3.8, 4) is 0 Å². The van der Waals surface area contributed by atoms with Crippen LogP contribution in [0.2, 0.25) is 0 Å². The average molecular weight is 371 g/mol. The van der Waals surface area contributed by atoms with E-state index in [-0.39, 0.29) is 18.6 Å². The fraction of sp³-hybridized carbons (Fsp3) is 0.562. The standard InChI is InChI=1S/C16H20BrFN2O2/c17-11-9-12(20-6-4-16(2-3-16)5-7-20)13(15(19)22)14(18)10(11)1-8-21/h9,21H,1-8H2,(H2,19,22). The summed E-state index contributed by atoms with van der Waals surface area (Å²) in [5, 5.41) is 9.07. The molecule has 4 nitrogen and oxygen atoms in total. The van der Waals surface area contributed by atoms with Crippen molar-refractivity contribution in [2.45, 2.75) is 32.1 Å². The van der Waals surface area contributed by atoms with Crippen molar-refractivity contribution in [3.63, 3.8) is 0 Å². The molecule has 1 aliphatic heterocycles. The van der Waals surface area contributed by atoms with Crippen LogP contribution in [0.25, 0.3) is 0 Å². The van der Waals surface area contributed by atoms with Crippen LogP contribution in [0, 0.1) is 11.2 Å². The van der Waals surface area contributed by atoms with Crippen molar-refractivity contribution in [3.05, 3.63) is 27.5 Å². The number of anilines is 1. The van der Waals surface area contributed by atoms with Crippen LogP contribution in [0.3, 0.4) is 0 Å². The number of benzene rings is 1. The molecule has 0 bridgehead atoms. The quantitative estimate of drug-likeness (QED) is 0.855. The van der Waals surface area contributed by atoms with Crippen LogP contribution in [-0.4, -0.2) is 30.7 Å². The Bertz CT molecular complexity index is 607. The van der Waals surface area contributed by atoms with Crippen LogP contribution < -0.4 is 10.6 Å². The van der Waals surface area contributed by atoms with E-state index in [0.29, 0.717) is 21.1 Å². The van der Waals surface area contributed by atoms with Crippen molar-refractivity contribution in [1.29, 1.82) is 0 Å². The summed E-state index contributed by atoms with van der Waals surface area (Å²) in [7, 11) is 0. The first-order valence-corrected chi connectivity index (χ1v) is 8.43. The molecule has 1 aromatic carbocycles. The van der Waals surface area contributed by atoms with E-state index in [0.717, 1.165) is 25.9 Å². The molecule has 3 rings (SSSR count). The van der Waals surface area contributed by atoms with Crippen molar-refractivity contribution in [2.75, 3.05) is 24.6 Å². The Labute approximate surface area is 137 Å². The molecule has 3 N–H and O–H groups in total.